The van der Waals surface area contributed by atoms with Gasteiger partial charge in [0.25, 0.3) is 0 Å². The normalized spacial score (nSPS) is 25.8. The topological polar surface area (TPSA) is 35.2 Å². The van der Waals surface area contributed by atoms with Crippen LogP contribution in [0.1, 0.15) is 33.6 Å². The number of ether oxygens (including phenoxy) is 1. The van der Waals surface area contributed by atoms with Crippen molar-refractivity contribution in [3.8, 4) is 0 Å². The Balaban J connectivity index is 2.56. The minimum absolute atomic E-state index is 0.312. The predicted octanol–water partition coefficient (Wildman–Crippen LogP) is 1.79. The van der Waals surface area contributed by atoms with Crippen molar-refractivity contribution in [1.29, 1.82) is 0 Å². The molecule has 0 bridgehead atoms. The van der Waals surface area contributed by atoms with Crippen LogP contribution < -0.4 is 5.73 Å². The Kier molecular flexibility index (Phi) is 3.13. The van der Waals surface area contributed by atoms with Crippen molar-refractivity contribution in [1.82, 2.24) is 0 Å². The molecule has 12 heavy (non-hydrogen) atoms. The van der Waals surface area contributed by atoms with E-state index in [0.717, 1.165) is 26.1 Å². The third-order valence-electron chi connectivity index (χ3n) is 3.16. The van der Waals surface area contributed by atoms with E-state index in [-0.39, 0.29) is 0 Å². The Morgan fingerprint density at radius 3 is 2.17 bits per heavy atom. The molecular formula is C10H21NO. The third kappa shape index (κ3) is 1.99. The first-order valence-corrected chi connectivity index (χ1v) is 4.89. The summed E-state index contributed by atoms with van der Waals surface area (Å²) < 4.78 is 5.34. The Labute approximate surface area is 75.5 Å². The monoisotopic (exact) mass is 171 g/mol. The molecule has 0 amide bonds. The quantitative estimate of drug-likeness (QED) is 0.687. The van der Waals surface area contributed by atoms with Crippen molar-refractivity contribution in [3.05, 3.63) is 0 Å². The van der Waals surface area contributed by atoms with E-state index in [1.165, 1.54) is 0 Å². The predicted molar refractivity (Wildman–Crippen MR) is 51.0 cm³/mol. The highest BCUT2D eigenvalue weighted by atomic mass is 16.5. The Bertz CT molecular complexity index is 139. The minimum atomic E-state index is 0.312. The Hall–Kier alpha value is -0.0800. The van der Waals surface area contributed by atoms with Gasteiger partial charge in [-0.2, -0.15) is 0 Å². The fourth-order valence-electron chi connectivity index (χ4n) is 1.98. The molecule has 1 saturated heterocycles. The van der Waals surface area contributed by atoms with E-state index in [0.29, 0.717) is 17.4 Å². The Morgan fingerprint density at radius 2 is 1.75 bits per heavy atom. The van der Waals surface area contributed by atoms with Crippen molar-refractivity contribution >= 4 is 0 Å². The van der Waals surface area contributed by atoms with E-state index in [2.05, 4.69) is 20.8 Å². The van der Waals surface area contributed by atoms with Crippen molar-refractivity contribution in [2.75, 3.05) is 13.2 Å². The molecule has 1 atom stereocenters. The maximum Gasteiger partial charge on any atom is 0.0471 e. The zero-order chi connectivity index (χ0) is 9.19. The summed E-state index contributed by atoms with van der Waals surface area (Å²) >= 11 is 0. The molecule has 72 valence electrons. The van der Waals surface area contributed by atoms with Crippen molar-refractivity contribution < 1.29 is 4.74 Å². The van der Waals surface area contributed by atoms with Gasteiger partial charge in [-0.3, -0.25) is 0 Å². The molecule has 0 aromatic carbocycles. The fraction of sp³-hybridized carbons (Fsp3) is 1.00. The zero-order valence-electron chi connectivity index (χ0n) is 8.47. The highest BCUT2D eigenvalue weighted by Gasteiger charge is 2.34. The van der Waals surface area contributed by atoms with Crippen LogP contribution in [0.5, 0.6) is 0 Å². The lowest BCUT2D eigenvalue weighted by Crippen LogP contribution is -2.46. The van der Waals surface area contributed by atoms with E-state index in [9.17, 15) is 0 Å². The van der Waals surface area contributed by atoms with Gasteiger partial charge in [-0.05, 0) is 24.2 Å². The summed E-state index contributed by atoms with van der Waals surface area (Å²) in [4.78, 5) is 0. The number of nitrogens with two attached hydrogens (primary N) is 1. The van der Waals surface area contributed by atoms with Crippen LogP contribution in [0.4, 0.5) is 0 Å². The standard InChI is InChI=1S/C10H21NO/c1-8(2)9(11)10(3)4-6-12-7-5-10/h8-9H,4-7,11H2,1-3H3. The lowest BCUT2D eigenvalue weighted by molar-refractivity contribution is 0.00322. The summed E-state index contributed by atoms with van der Waals surface area (Å²) in [6.45, 7) is 8.46. The van der Waals surface area contributed by atoms with Gasteiger partial charge >= 0.3 is 0 Å². The lowest BCUT2D eigenvalue weighted by Gasteiger charge is -2.40. The van der Waals surface area contributed by atoms with E-state index < -0.39 is 0 Å². The third-order valence-corrected chi connectivity index (χ3v) is 3.16. The molecule has 0 spiro atoms. The average molecular weight is 171 g/mol. The van der Waals surface area contributed by atoms with Crippen molar-refractivity contribution in [3.63, 3.8) is 0 Å². The largest absolute Gasteiger partial charge is 0.381 e. The minimum Gasteiger partial charge on any atom is -0.381 e. The zero-order valence-corrected chi connectivity index (χ0v) is 8.47. The maximum atomic E-state index is 6.17. The molecule has 1 heterocycles. The highest BCUT2D eigenvalue weighted by molar-refractivity contribution is 4.88. The first-order chi connectivity index (χ1) is 5.56. The van der Waals surface area contributed by atoms with Crippen LogP contribution in [-0.2, 0) is 4.74 Å². The van der Waals surface area contributed by atoms with Crippen LogP contribution in [0.3, 0.4) is 0 Å². The molecule has 1 rings (SSSR count). The van der Waals surface area contributed by atoms with Crippen LogP contribution in [0.2, 0.25) is 0 Å². The summed E-state index contributed by atoms with van der Waals surface area (Å²) in [6, 6.07) is 0.321. The van der Waals surface area contributed by atoms with E-state index in [4.69, 9.17) is 10.5 Å². The lowest BCUT2D eigenvalue weighted by atomic mass is 9.72. The highest BCUT2D eigenvalue weighted by Crippen LogP contribution is 2.35. The van der Waals surface area contributed by atoms with Gasteiger partial charge in [-0.25, -0.2) is 0 Å². The summed E-state index contributed by atoms with van der Waals surface area (Å²) in [6.07, 6.45) is 2.23. The summed E-state index contributed by atoms with van der Waals surface area (Å²) in [5, 5.41) is 0. The molecule has 1 aliphatic heterocycles. The molecule has 1 unspecified atom stereocenters. The molecule has 2 nitrogen and oxygen atoms in total. The van der Waals surface area contributed by atoms with Gasteiger partial charge < -0.3 is 10.5 Å². The second-order valence-corrected chi connectivity index (χ2v) is 4.54. The number of hydrogen-bond acceptors (Lipinski definition) is 2. The van der Waals surface area contributed by atoms with Gasteiger partial charge in [0.15, 0.2) is 0 Å². The first-order valence-electron chi connectivity index (χ1n) is 4.89. The molecule has 0 aliphatic carbocycles. The summed E-state index contributed by atoms with van der Waals surface area (Å²) in [5.74, 6) is 0.577. The van der Waals surface area contributed by atoms with Crippen LogP contribution in [0, 0.1) is 11.3 Å². The van der Waals surface area contributed by atoms with Gasteiger partial charge in [0.1, 0.15) is 0 Å². The molecule has 2 N–H and O–H groups in total. The van der Waals surface area contributed by atoms with Crippen molar-refractivity contribution in [2.45, 2.75) is 39.7 Å². The second kappa shape index (κ2) is 3.75. The number of rotatable bonds is 2. The molecular weight excluding hydrogens is 150 g/mol. The molecule has 0 radical (unpaired) electrons. The molecule has 0 aromatic rings. The first kappa shape index (κ1) is 10.0. The summed E-state index contributed by atoms with van der Waals surface area (Å²) in [5.41, 5.74) is 6.48. The maximum absolute atomic E-state index is 6.17. The van der Waals surface area contributed by atoms with Gasteiger partial charge in [0, 0.05) is 19.3 Å². The van der Waals surface area contributed by atoms with Gasteiger partial charge in [-0.15, -0.1) is 0 Å². The van der Waals surface area contributed by atoms with E-state index >= 15 is 0 Å². The van der Waals surface area contributed by atoms with Crippen LogP contribution in [0.15, 0.2) is 0 Å². The molecule has 0 aromatic heterocycles. The van der Waals surface area contributed by atoms with Crippen LogP contribution in [-0.4, -0.2) is 19.3 Å². The average Bonchev–Trinajstić information content (AvgIpc) is 2.04. The Morgan fingerprint density at radius 1 is 1.25 bits per heavy atom. The molecule has 1 aliphatic rings. The molecule has 2 heteroatoms. The van der Waals surface area contributed by atoms with Crippen LogP contribution in [0.25, 0.3) is 0 Å². The van der Waals surface area contributed by atoms with Crippen LogP contribution >= 0.6 is 0 Å². The fourth-order valence-corrected chi connectivity index (χ4v) is 1.98. The SMILES string of the molecule is CC(C)C(N)C1(C)CCOCC1. The second-order valence-electron chi connectivity index (χ2n) is 4.54. The molecule has 1 fully saturated rings. The van der Waals surface area contributed by atoms with E-state index in [1.807, 2.05) is 0 Å². The number of hydrogen-bond donors (Lipinski definition) is 1. The van der Waals surface area contributed by atoms with Gasteiger partial charge in [-0.1, -0.05) is 20.8 Å². The molecule has 0 saturated carbocycles. The van der Waals surface area contributed by atoms with E-state index in [1.54, 1.807) is 0 Å². The van der Waals surface area contributed by atoms with Gasteiger partial charge in [0.05, 0.1) is 0 Å². The van der Waals surface area contributed by atoms with Gasteiger partial charge in [0.2, 0.25) is 0 Å². The smallest absolute Gasteiger partial charge is 0.0471 e. The summed E-state index contributed by atoms with van der Waals surface area (Å²) in [7, 11) is 0. The van der Waals surface area contributed by atoms with Crippen molar-refractivity contribution in [2.24, 2.45) is 17.1 Å².